The number of halogens is 1. The molecule has 1 N–H and O–H groups in total. The van der Waals surface area contributed by atoms with Crippen molar-refractivity contribution >= 4 is 16.7 Å². The summed E-state index contributed by atoms with van der Waals surface area (Å²) in [5, 5.41) is 0.851. The summed E-state index contributed by atoms with van der Waals surface area (Å²) in [5.74, 6) is 5.62. The van der Waals surface area contributed by atoms with Crippen LogP contribution in [0.25, 0.3) is 11.0 Å². The molecule has 0 radical (unpaired) electrons. The molecule has 0 atom stereocenters. The van der Waals surface area contributed by atoms with Gasteiger partial charge in [-0.3, -0.25) is 0 Å². The van der Waals surface area contributed by atoms with Crippen molar-refractivity contribution < 1.29 is 4.39 Å². The lowest BCUT2D eigenvalue weighted by atomic mass is 10.2. The molecular weight excluding hydrogens is 265 g/mol. The van der Waals surface area contributed by atoms with E-state index in [0.29, 0.717) is 5.65 Å². The highest BCUT2D eigenvalue weighted by Crippen LogP contribution is 2.14. The molecule has 2 heterocycles. The summed E-state index contributed by atoms with van der Waals surface area (Å²) in [6, 6.07) is 12.9. The molecule has 2 aromatic heterocycles. The Morgan fingerprint density at radius 3 is 2.52 bits per heavy atom. The fraction of sp³-hybridized carbons (Fsp3) is 0.118. The first-order valence-corrected chi connectivity index (χ1v) is 6.56. The lowest BCUT2D eigenvalue weighted by Crippen LogP contribution is -2.07. The van der Waals surface area contributed by atoms with E-state index in [4.69, 9.17) is 0 Å². The summed E-state index contributed by atoms with van der Waals surface area (Å²) in [6.45, 7) is 0. The summed E-state index contributed by atoms with van der Waals surface area (Å²) < 4.78 is 13.0. The van der Waals surface area contributed by atoms with Gasteiger partial charge in [0.05, 0.1) is 5.69 Å². The topological polar surface area (TPSA) is 31.9 Å². The average molecular weight is 279 g/mol. The normalized spacial score (nSPS) is 10.2. The maximum absolute atomic E-state index is 13.0. The predicted molar refractivity (Wildman–Crippen MR) is 82.8 cm³/mol. The van der Waals surface area contributed by atoms with Gasteiger partial charge in [0.15, 0.2) is 0 Å². The summed E-state index contributed by atoms with van der Waals surface area (Å²) >= 11 is 0. The number of nitrogens with zero attached hydrogens (tertiary/aromatic N) is 2. The lowest BCUT2D eigenvalue weighted by Gasteiger charge is -2.11. The molecular formula is C17H14FN3. The van der Waals surface area contributed by atoms with Crippen LogP contribution in [0.3, 0.4) is 0 Å². The Balaban J connectivity index is 1.88. The molecule has 3 nitrogen and oxygen atoms in total. The number of hydrogen-bond acceptors (Lipinski definition) is 2. The third-order valence-corrected chi connectivity index (χ3v) is 3.17. The summed E-state index contributed by atoms with van der Waals surface area (Å²) in [5.41, 5.74) is 3.30. The van der Waals surface area contributed by atoms with Crippen LogP contribution >= 0.6 is 0 Å². The van der Waals surface area contributed by atoms with E-state index >= 15 is 0 Å². The summed E-state index contributed by atoms with van der Waals surface area (Å²) in [7, 11) is 3.99. The average Bonchev–Trinajstić information content (AvgIpc) is 2.87. The number of aromatic nitrogens is 2. The minimum atomic E-state index is -0.497. The number of fused-ring (bicyclic) bond motifs is 1. The van der Waals surface area contributed by atoms with Gasteiger partial charge in [0, 0.05) is 30.7 Å². The number of benzene rings is 1. The molecule has 0 unspecified atom stereocenters. The van der Waals surface area contributed by atoms with Crippen LogP contribution < -0.4 is 4.90 Å². The van der Waals surface area contributed by atoms with E-state index in [9.17, 15) is 4.39 Å². The molecule has 0 aliphatic carbocycles. The maximum atomic E-state index is 13.0. The fourth-order valence-corrected chi connectivity index (χ4v) is 2.03. The zero-order valence-electron chi connectivity index (χ0n) is 11.8. The molecule has 0 saturated carbocycles. The second-order valence-electron chi connectivity index (χ2n) is 4.95. The van der Waals surface area contributed by atoms with Crippen LogP contribution in [-0.4, -0.2) is 24.1 Å². The SMILES string of the molecule is CN(C)c1ccc(C#Cc2cc3ccc(F)nc3[nH]2)cc1. The van der Waals surface area contributed by atoms with Crippen LogP contribution in [0.4, 0.5) is 10.1 Å². The first-order valence-electron chi connectivity index (χ1n) is 6.56. The standard InChI is InChI=1S/C17H14FN3/c1-21(2)15-8-4-12(5-9-15)3-7-14-11-13-6-10-16(18)20-17(13)19-14/h4-6,8-11H,1-2H3,(H,19,20). The van der Waals surface area contributed by atoms with Crippen molar-refractivity contribution in [1.82, 2.24) is 9.97 Å². The van der Waals surface area contributed by atoms with E-state index in [1.807, 2.05) is 49.3 Å². The minimum absolute atomic E-state index is 0.497. The van der Waals surface area contributed by atoms with E-state index in [1.165, 1.54) is 6.07 Å². The van der Waals surface area contributed by atoms with Crippen molar-refractivity contribution in [2.24, 2.45) is 0 Å². The van der Waals surface area contributed by atoms with Gasteiger partial charge in [0.25, 0.3) is 0 Å². The quantitative estimate of drug-likeness (QED) is 0.548. The molecule has 104 valence electrons. The van der Waals surface area contributed by atoms with Crippen molar-refractivity contribution in [3.05, 3.63) is 59.7 Å². The van der Waals surface area contributed by atoms with Crippen LogP contribution in [0, 0.1) is 17.8 Å². The number of anilines is 1. The van der Waals surface area contributed by atoms with Crippen LogP contribution in [-0.2, 0) is 0 Å². The third kappa shape index (κ3) is 2.87. The summed E-state index contributed by atoms with van der Waals surface area (Å²) in [4.78, 5) is 8.83. The van der Waals surface area contributed by atoms with E-state index in [2.05, 4.69) is 21.8 Å². The van der Waals surface area contributed by atoms with Gasteiger partial charge >= 0.3 is 0 Å². The Morgan fingerprint density at radius 1 is 1.05 bits per heavy atom. The highest BCUT2D eigenvalue weighted by atomic mass is 19.1. The number of pyridine rings is 1. The van der Waals surface area contributed by atoms with Gasteiger partial charge in [0.2, 0.25) is 5.95 Å². The molecule has 3 rings (SSSR count). The molecule has 0 saturated heterocycles. The van der Waals surface area contributed by atoms with E-state index < -0.39 is 5.95 Å². The largest absolute Gasteiger partial charge is 0.378 e. The van der Waals surface area contributed by atoms with Gasteiger partial charge in [-0.1, -0.05) is 5.92 Å². The zero-order valence-corrected chi connectivity index (χ0v) is 11.8. The van der Waals surface area contributed by atoms with Gasteiger partial charge in [0.1, 0.15) is 5.65 Å². The van der Waals surface area contributed by atoms with Gasteiger partial charge in [-0.05, 0) is 48.4 Å². The van der Waals surface area contributed by atoms with Crippen LogP contribution in [0.5, 0.6) is 0 Å². The van der Waals surface area contributed by atoms with Crippen molar-refractivity contribution in [3.8, 4) is 11.8 Å². The minimum Gasteiger partial charge on any atom is -0.378 e. The Kier molecular flexibility index (Phi) is 3.33. The molecule has 3 aromatic rings. The van der Waals surface area contributed by atoms with Crippen LogP contribution in [0.2, 0.25) is 0 Å². The van der Waals surface area contributed by atoms with Crippen molar-refractivity contribution in [1.29, 1.82) is 0 Å². The molecule has 0 aliphatic heterocycles. The number of rotatable bonds is 1. The molecule has 0 spiro atoms. The number of hydrogen-bond donors (Lipinski definition) is 1. The number of H-pyrrole nitrogens is 1. The van der Waals surface area contributed by atoms with Crippen molar-refractivity contribution in [2.45, 2.75) is 0 Å². The molecule has 0 bridgehead atoms. The third-order valence-electron chi connectivity index (χ3n) is 3.17. The second kappa shape index (κ2) is 5.29. The molecule has 1 aromatic carbocycles. The first kappa shape index (κ1) is 13.2. The molecule has 21 heavy (non-hydrogen) atoms. The molecule has 0 aliphatic rings. The molecule has 0 amide bonds. The smallest absolute Gasteiger partial charge is 0.214 e. The predicted octanol–water partition coefficient (Wildman–Crippen LogP) is 3.17. The van der Waals surface area contributed by atoms with Gasteiger partial charge in [-0.25, -0.2) is 4.98 Å². The second-order valence-corrected chi connectivity index (χ2v) is 4.95. The van der Waals surface area contributed by atoms with Gasteiger partial charge < -0.3 is 9.88 Å². The summed E-state index contributed by atoms with van der Waals surface area (Å²) in [6.07, 6.45) is 0. The van der Waals surface area contributed by atoms with Crippen molar-refractivity contribution in [2.75, 3.05) is 19.0 Å². The van der Waals surface area contributed by atoms with E-state index in [1.54, 1.807) is 6.07 Å². The van der Waals surface area contributed by atoms with Gasteiger partial charge in [-0.2, -0.15) is 4.39 Å². The molecule has 4 heteroatoms. The molecule has 0 fully saturated rings. The first-order chi connectivity index (χ1) is 10.1. The van der Waals surface area contributed by atoms with Crippen LogP contribution in [0.1, 0.15) is 11.3 Å². The Labute approximate surface area is 122 Å². The number of nitrogens with one attached hydrogen (secondary N) is 1. The van der Waals surface area contributed by atoms with Crippen molar-refractivity contribution in [3.63, 3.8) is 0 Å². The van der Waals surface area contributed by atoms with E-state index in [0.717, 1.165) is 22.3 Å². The van der Waals surface area contributed by atoms with Gasteiger partial charge in [-0.15, -0.1) is 0 Å². The fourth-order valence-electron chi connectivity index (χ4n) is 2.03. The zero-order chi connectivity index (χ0) is 14.8. The maximum Gasteiger partial charge on any atom is 0.214 e. The monoisotopic (exact) mass is 279 g/mol. The lowest BCUT2D eigenvalue weighted by molar-refractivity contribution is 0.588. The Morgan fingerprint density at radius 2 is 1.81 bits per heavy atom. The van der Waals surface area contributed by atoms with Crippen LogP contribution in [0.15, 0.2) is 42.5 Å². The Bertz CT molecular complexity index is 836. The number of aromatic amines is 1. The van der Waals surface area contributed by atoms with E-state index in [-0.39, 0.29) is 0 Å². The Hall–Kier alpha value is -2.80. The highest BCUT2D eigenvalue weighted by molar-refractivity contribution is 5.77. The highest BCUT2D eigenvalue weighted by Gasteiger charge is 2.01.